The average molecular weight is 296 g/mol. The molecule has 1 aliphatic carbocycles. The summed E-state index contributed by atoms with van der Waals surface area (Å²) < 4.78 is 0. The van der Waals surface area contributed by atoms with Crippen molar-refractivity contribution in [3.63, 3.8) is 0 Å². The largest absolute Gasteiger partial charge is 0.369 e. The fraction of sp³-hybridized carbons (Fsp3) is 0.867. The maximum Gasteiger partial charge on any atom is 0.236 e. The number of piperidine rings is 1. The van der Waals surface area contributed by atoms with Gasteiger partial charge in [0, 0.05) is 19.1 Å². The average Bonchev–Trinajstić information content (AvgIpc) is 2.95. The van der Waals surface area contributed by atoms with Crippen molar-refractivity contribution in [2.24, 2.45) is 23.3 Å². The van der Waals surface area contributed by atoms with Crippen LogP contribution in [0.5, 0.6) is 0 Å². The molecule has 21 heavy (non-hydrogen) atoms. The number of nitrogens with zero attached hydrogens (tertiary/aromatic N) is 2. The summed E-state index contributed by atoms with van der Waals surface area (Å²) in [7, 11) is 2.01. The zero-order chi connectivity index (χ0) is 15.4. The predicted octanol–water partition coefficient (Wildman–Crippen LogP) is -0.230. The van der Waals surface area contributed by atoms with Crippen LogP contribution >= 0.6 is 0 Å². The molecule has 3 atom stereocenters. The van der Waals surface area contributed by atoms with Crippen molar-refractivity contribution in [1.82, 2.24) is 9.80 Å². The van der Waals surface area contributed by atoms with Crippen LogP contribution in [0.25, 0.3) is 0 Å². The molecule has 0 aromatic heterocycles. The summed E-state index contributed by atoms with van der Waals surface area (Å²) in [5.74, 6) is 0.129. The van der Waals surface area contributed by atoms with Gasteiger partial charge in [0.25, 0.3) is 0 Å². The number of hydrogen-bond acceptors (Lipinski definition) is 4. The third-order valence-electron chi connectivity index (χ3n) is 5.05. The van der Waals surface area contributed by atoms with Crippen molar-refractivity contribution >= 4 is 11.8 Å². The van der Waals surface area contributed by atoms with Gasteiger partial charge in [-0.05, 0) is 45.2 Å². The summed E-state index contributed by atoms with van der Waals surface area (Å²) in [5.41, 5.74) is 11.2. The molecule has 120 valence electrons. The first-order valence-electron chi connectivity index (χ1n) is 8.00. The summed E-state index contributed by atoms with van der Waals surface area (Å²) in [6.07, 6.45) is 5.13. The van der Waals surface area contributed by atoms with Crippen LogP contribution in [0.3, 0.4) is 0 Å². The molecule has 0 aromatic carbocycles. The topological polar surface area (TPSA) is 92.7 Å². The van der Waals surface area contributed by atoms with Gasteiger partial charge in [-0.15, -0.1) is 0 Å². The molecule has 0 radical (unpaired) electrons. The lowest BCUT2D eigenvalue weighted by molar-refractivity contribution is -0.136. The highest BCUT2D eigenvalue weighted by Gasteiger charge is 2.32. The Morgan fingerprint density at radius 3 is 2.67 bits per heavy atom. The minimum atomic E-state index is -0.292. The molecule has 1 heterocycles. The standard InChI is InChI=1S/C15H28N4O2/c1-18(13-6-2-4-11(13)8-16)10-14(20)19-7-3-5-12(9-19)15(17)21/h11-13H,2-10,16H2,1H3,(H2,17,21). The molecule has 2 amide bonds. The fourth-order valence-corrected chi connectivity index (χ4v) is 3.74. The van der Waals surface area contributed by atoms with Gasteiger partial charge in [0.15, 0.2) is 0 Å². The smallest absolute Gasteiger partial charge is 0.236 e. The van der Waals surface area contributed by atoms with Crippen molar-refractivity contribution in [2.45, 2.75) is 38.1 Å². The van der Waals surface area contributed by atoms with Crippen LogP contribution in [0.15, 0.2) is 0 Å². The van der Waals surface area contributed by atoms with E-state index in [9.17, 15) is 9.59 Å². The minimum Gasteiger partial charge on any atom is -0.369 e. The first-order chi connectivity index (χ1) is 10.0. The summed E-state index contributed by atoms with van der Waals surface area (Å²) in [6.45, 7) is 2.32. The van der Waals surface area contributed by atoms with Gasteiger partial charge in [-0.2, -0.15) is 0 Å². The van der Waals surface area contributed by atoms with Crippen molar-refractivity contribution in [2.75, 3.05) is 33.2 Å². The molecular weight excluding hydrogens is 268 g/mol. The Morgan fingerprint density at radius 1 is 1.24 bits per heavy atom. The van der Waals surface area contributed by atoms with Gasteiger partial charge in [-0.25, -0.2) is 0 Å². The van der Waals surface area contributed by atoms with Crippen LogP contribution < -0.4 is 11.5 Å². The number of amides is 2. The molecule has 1 aliphatic heterocycles. The summed E-state index contributed by atoms with van der Waals surface area (Å²) >= 11 is 0. The molecule has 1 saturated heterocycles. The molecule has 2 rings (SSSR count). The molecule has 2 aliphatic rings. The van der Waals surface area contributed by atoms with E-state index in [0.717, 1.165) is 32.2 Å². The Bertz CT molecular complexity index is 388. The zero-order valence-electron chi connectivity index (χ0n) is 13.0. The van der Waals surface area contributed by atoms with Gasteiger partial charge in [0.05, 0.1) is 12.5 Å². The number of rotatable bonds is 5. The van der Waals surface area contributed by atoms with Crippen LogP contribution in [-0.4, -0.2) is 60.9 Å². The Hall–Kier alpha value is -1.14. The van der Waals surface area contributed by atoms with E-state index >= 15 is 0 Å². The zero-order valence-corrected chi connectivity index (χ0v) is 13.0. The Balaban J connectivity index is 1.87. The van der Waals surface area contributed by atoms with Crippen LogP contribution in [0.1, 0.15) is 32.1 Å². The highest BCUT2D eigenvalue weighted by molar-refractivity contribution is 5.81. The minimum absolute atomic E-state index is 0.103. The van der Waals surface area contributed by atoms with E-state index in [-0.39, 0.29) is 17.7 Å². The lowest BCUT2D eigenvalue weighted by Crippen LogP contribution is -2.49. The van der Waals surface area contributed by atoms with Crippen molar-refractivity contribution in [3.8, 4) is 0 Å². The Kier molecular flexibility index (Phi) is 5.58. The highest BCUT2D eigenvalue weighted by Crippen LogP contribution is 2.28. The van der Waals surface area contributed by atoms with E-state index in [0.29, 0.717) is 31.6 Å². The highest BCUT2D eigenvalue weighted by atomic mass is 16.2. The first-order valence-corrected chi connectivity index (χ1v) is 8.00. The molecule has 6 nitrogen and oxygen atoms in total. The molecular formula is C15H28N4O2. The normalized spacial score (nSPS) is 29.9. The third-order valence-corrected chi connectivity index (χ3v) is 5.05. The number of likely N-dealkylation sites (N-methyl/N-ethyl adjacent to an activating group) is 1. The van der Waals surface area contributed by atoms with E-state index in [1.807, 2.05) is 7.05 Å². The first kappa shape index (κ1) is 16.2. The number of carbonyl (C=O) groups is 2. The Labute approximate surface area is 126 Å². The van der Waals surface area contributed by atoms with Crippen LogP contribution in [-0.2, 0) is 9.59 Å². The van der Waals surface area contributed by atoms with Crippen molar-refractivity contribution in [1.29, 1.82) is 0 Å². The van der Waals surface area contributed by atoms with E-state index in [2.05, 4.69) is 4.90 Å². The number of hydrogen-bond donors (Lipinski definition) is 2. The van der Waals surface area contributed by atoms with Crippen LogP contribution in [0.4, 0.5) is 0 Å². The monoisotopic (exact) mass is 296 g/mol. The number of carbonyl (C=O) groups excluding carboxylic acids is 2. The maximum atomic E-state index is 12.4. The molecule has 4 N–H and O–H groups in total. The number of primary amides is 1. The van der Waals surface area contributed by atoms with Gasteiger partial charge >= 0.3 is 0 Å². The van der Waals surface area contributed by atoms with E-state index in [1.54, 1.807) is 4.90 Å². The molecule has 0 bridgehead atoms. The van der Waals surface area contributed by atoms with Gasteiger partial charge in [0.2, 0.25) is 11.8 Å². The second-order valence-electron chi connectivity index (χ2n) is 6.49. The fourth-order valence-electron chi connectivity index (χ4n) is 3.74. The summed E-state index contributed by atoms with van der Waals surface area (Å²) in [6, 6.07) is 0.413. The summed E-state index contributed by atoms with van der Waals surface area (Å²) in [4.78, 5) is 27.7. The van der Waals surface area contributed by atoms with E-state index in [1.165, 1.54) is 6.42 Å². The van der Waals surface area contributed by atoms with Crippen LogP contribution in [0.2, 0.25) is 0 Å². The molecule has 6 heteroatoms. The molecule has 1 saturated carbocycles. The van der Waals surface area contributed by atoms with E-state index < -0.39 is 0 Å². The quantitative estimate of drug-likeness (QED) is 0.733. The number of nitrogens with two attached hydrogens (primary N) is 2. The molecule has 3 unspecified atom stereocenters. The van der Waals surface area contributed by atoms with E-state index in [4.69, 9.17) is 11.5 Å². The molecule has 0 spiro atoms. The van der Waals surface area contributed by atoms with Gasteiger partial charge in [-0.1, -0.05) is 6.42 Å². The maximum absolute atomic E-state index is 12.4. The van der Waals surface area contributed by atoms with Gasteiger partial charge in [0.1, 0.15) is 0 Å². The lowest BCUT2D eigenvalue weighted by Gasteiger charge is -2.34. The SMILES string of the molecule is CN(CC(=O)N1CCCC(C(N)=O)C1)C1CCCC1CN. The molecule has 2 fully saturated rings. The summed E-state index contributed by atoms with van der Waals surface area (Å²) in [5, 5.41) is 0. The van der Waals surface area contributed by atoms with Crippen molar-refractivity contribution in [3.05, 3.63) is 0 Å². The van der Waals surface area contributed by atoms with Crippen molar-refractivity contribution < 1.29 is 9.59 Å². The van der Waals surface area contributed by atoms with Crippen LogP contribution in [0, 0.1) is 11.8 Å². The second-order valence-corrected chi connectivity index (χ2v) is 6.49. The van der Waals surface area contributed by atoms with Gasteiger partial charge in [-0.3, -0.25) is 14.5 Å². The lowest BCUT2D eigenvalue weighted by atomic mass is 9.97. The molecule has 0 aromatic rings. The Morgan fingerprint density at radius 2 is 2.00 bits per heavy atom. The second kappa shape index (κ2) is 7.22. The van der Waals surface area contributed by atoms with Gasteiger partial charge < -0.3 is 16.4 Å². The predicted molar refractivity (Wildman–Crippen MR) is 81.3 cm³/mol. The third kappa shape index (κ3) is 3.95. The number of likely N-dealkylation sites (tertiary alicyclic amines) is 1.